The van der Waals surface area contributed by atoms with Gasteiger partial charge in [-0.1, -0.05) is 29.8 Å². The van der Waals surface area contributed by atoms with Gasteiger partial charge in [0.1, 0.15) is 0 Å². The van der Waals surface area contributed by atoms with Gasteiger partial charge in [-0.15, -0.1) is 0 Å². The van der Waals surface area contributed by atoms with Crippen molar-refractivity contribution >= 4 is 23.2 Å². The zero-order valence-corrected chi connectivity index (χ0v) is 12.6. The molecule has 0 unspecified atom stereocenters. The van der Waals surface area contributed by atoms with Crippen molar-refractivity contribution in [2.75, 3.05) is 19.0 Å². The average Bonchev–Trinajstić information content (AvgIpc) is 2.48. The van der Waals surface area contributed by atoms with Gasteiger partial charge in [0.2, 0.25) is 0 Å². The van der Waals surface area contributed by atoms with Gasteiger partial charge < -0.3 is 14.8 Å². The standard InChI is InChI=1S/C16H16ClNO3/c1-11-7-8-13(12(17)9-11)18-16(19)10-21-15-6-4-3-5-14(15)20-2/h3-9H,10H2,1-2H3,(H,18,19). The minimum atomic E-state index is -0.286. The summed E-state index contributed by atoms with van der Waals surface area (Å²) in [5.41, 5.74) is 1.60. The summed E-state index contributed by atoms with van der Waals surface area (Å²) in [4.78, 5) is 11.9. The molecule has 0 aromatic heterocycles. The molecule has 4 nitrogen and oxygen atoms in total. The van der Waals surface area contributed by atoms with E-state index in [-0.39, 0.29) is 12.5 Å². The normalized spacial score (nSPS) is 10.0. The summed E-state index contributed by atoms with van der Waals surface area (Å²) >= 11 is 6.06. The van der Waals surface area contributed by atoms with Crippen LogP contribution in [0, 0.1) is 6.92 Å². The van der Waals surface area contributed by atoms with Crippen molar-refractivity contribution in [3.63, 3.8) is 0 Å². The Hall–Kier alpha value is -2.20. The highest BCUT2D eigenvalue weighted by Gasteiger charge is 2.09. The number of amides is 1. The zero-order chi connectivity index (χ0) is 15.2. The van der Waals surface area contributed by atoms with E-state index in [1.54, 1.807) is 31.4 Å². The summed E-state index contributed by atoms with van der Waals surface area (Å²) < 4.78 is 10.6. The molecule has 0 heterocycles. The van der Waals surface area contributed by atoms with E-state index in [1.807, 2.05) is 25.1 Å². The lowest BCUT2D eigenvalue weighted by molar-refractivity contribution is -0.118. The largest absolute Gasteiger partial charge is 0.493 e. The van der Waals surface area contributed by atoms with E-state index in [9.17, 15) is 4.79 Å². The molecule has 0 saturated heterocycles. The molecule has 1 amide bonds. The maximum atomic E-state index is 11.9. The first-order valence-electron chi connectivity index (χ1n) is 6.42. The lowest BCUT2D eigenvalue weighted by atomic mass is 10.2. The minimum Gasteiger partial charge on any atom is -0.493 e. The van der Waals surface area contributed by atoms with E-state index >= 15 is 0 Å². The molecule has 2 rings (SSSR count). The van der Waals surface area contributed by atoms with Gasteiger partial charge in [-0.3, -0.25) is 4.79 Å². The fourth-order valence-electron chi connectivity index (χ4n) is 1.79. The minimum absolute atomic E-state index is 0.120. The Morgan fingerprint density at radius 1 is 1.19 bits per heavy atom. The van der Waals surface area contributed by atoms with Crippen molar-refractivity contribution in [3.05, 3.63) is 53.1 Å². The molecule has 2 aromatic carbocycles. The Kier molecular flexibility index (Phi) is 5.06. The van der Waals surface area contributed by atoms with Crippen molar-refractivity contribution in [1.29, 1.82) is 0 Å². The molecule has 0 fully saturated rings. The van der Waals surface area contributed by atoms with Crippen LogP contribution in [0.15, 0.2) is 42.5 Å². The van der Waals surface area contributed by atoms with Crippen LogP contribution in [0.3, 0.4) is 0 Å². The van der Waals surface area contributed by atoms with E-state index in [2.05, 4.69) is 5.32 Å². The number of methoxy groups -OCH3 is 1. The number of anilines is 1. The number of nitrogens with one attached hydrogen (secondary N) is 1. The molecule has 0 atom stereocenters. The zero-order valence-electron chi connectivity index (χ0n) is 11.9. The second kappa shape index (κ2) is 6.99. The van der Waals surface area contributed by atoms with Gasteiger partial charge in [-0.2, -0.15) is 0 Å². The Labute approximate surface area is 128 Å². The van der Waals surface area contributed by atoms with Crippen molar-refractivity contribution in [1.82, 2.24) is 0 Å². The Balaban J connectivity index is 1.96. The average molecular weight is 306 g/mol. The van der Waals surface area contributed by atoms with E-state index in [0.717, 1.165) is 5.56 Å². The molecule has 0 saturated carbocycles. The lowest BCUT2D eigenvalue weighted by Gasteiger charge is -2.11. The first kappa shape index (κ1) is 15.2. The maximum absolute atomic E-state index is 11.9. The first-order chi connectivity index (χ1) is 10.1. The number of para-hydroxylation sites is 2. The molecular weight excluding hydrogens is 290 g/mol. The monoisotopic (exact) mass is 305 g/mol. The van der Waals surface area contributed by atoms with Crippen LogP contribution < -0.4 is 14.8 Å². The van der Waals surface area contributed by atoms with Crippen LogP contribution >= 0.6 is 11.6 Å². The summed E-state index contributed by atoms with van der Waals surface area (Å²) in [6.45, 7) is 1.81. The number of aryl methyl sites for hydroxylation is 1. The van der Waals surface area contributed by atoms with Crippen LogP contribution in [0.2, 0.25) is 5.02 Å². The Morgan fingerprint density at radius 3 is 2.57 bits per heavy atom. The number of ether oxygens (including phenoxy) is 2. The molecule has 0 aliphatic rings. The third kappa shape index (κ3) is 4.13. The topological polar surface area (TPSA) is 47.6 Å². The third-order valence-corrected chi connectivity index (χ3v) is 3.14. The highest BCUT2D eigenvalue weighted by atomic mass is 35.5. The predicted molar refractivity (Wildman–Crippen MR) is 83.3 cm³/mol. The number of carbonyl (C=O) groups excluding carboxylic acids is 1. The van der Waals surface area contributed by atoms with Crippen molar-refractivity contribution < 1.29 is 14.3 Å². The maximum Gasteiger partial charge on any atom is 0.262 e. The van der Waals surface area contributed by atoms with Crippen LogP contribution in [0.1, 0.15) is 5.56 Å². The lowest BCUT2D eigenvalue weighted by Crippen LogP contribution is -2.20. The molecule has 0 aliphatic heterocycles. The molecule has 1 N–H and O–H groups in total. The van der Waals surface area contributed by atoms with Crippen LogP contribution in [-0.4, -0.2) is 19.6 Å². The summed E-state index contributed by atoms with van der Waals surface area (Å²) in [5.74, 6) is 0.815. The smallest absolute Gasteiger partial charge is 0.262 e. The van der Waals surface area contributed by atoms with E-state index < -0.39 is 0 Å². The Bertz CT molecular complexity index is 643. The van der Waals surface area contributed by atoms with Crippen molar-refractivity contribution in [3.8, 4) is 11.5 Å². The second-order valence-electron chi connectivity index (χ2n) is 4.47. The van der Waals surface area contributed by atoms with E-state index in [4.69, 9.17) is 21.1 Å². The molecule has 110 valence electrons. The number of benzene rings is 2. The van der Waals surface area contributed by atoms with Gasteiger partial charge >= 0.3 is 0 Å². The second-order valence-corrected chi connectivity index (χ2v) is 4.88. The third-order valence-electron chi connectivity index (χ3n) is 2.83. The molecule has 0 bridgehead atoms. The highest BCUT2D eigenvalue weighted by Crippen LogP contribution is 2.26. The van der Waals surface area contributed by atoms with Gasteiger partial charge in [-0.25, -0.2) is 0 Å². The van der Waals surface area contributed by atoms with Gasteiger partial charge in [-0.05, 0) is 36.8 Å². The highest BCUT2D eigenvalue weighted by molar-refractivity contribution is 6.33. The summed E-state index contributed by atoms with van der Waals surface area (Å²) in [5, 5.41) is 3.21. The molecular formula is C16H16ClNO3. The number of hydrogen-bond acceptors (Lipinski definition) is 3. The van der Waals surface area contributed by atoms with Crippen molar-refractivity contribution in [2.45, 2.75) is 6.92 Å². The van der Waals surface area contributed by atoms with Gasteiger partial charge in [0.15, 0.2) is 18.1 Å². The summed E-state index contributed by atoms with van der Waals surface area (Å²) in [6, 6.07) is 12.6. The van der Waals surface area contributed by atoms with Gasteiger partial charge in [0.05, 0.1) is 17.8 Å². The van der Waals surface area contributed by atoms with E-state index in [1.165, 1.54) is 0 Å². The molecule has 21 heavy (non-hydrogen) atoms. The fraction of sp³-hybridized carbons (Fsp3) is 0.188. The summed E-state index contributed by atoms with van der Waals surface area (Å²) in [7, 11) is 1.55. The SMILES string of the molecule is COc1ccccc1OCC(=O)Nc1ccc(C)cc1Cl. The number of rotatable bonds is 5. The van der Waals surface area contributed by atoms with Crippen LogP contribution in [0.5, 0.6) is 11.5 Å². The fourth-order valence-corrected chi connectivity index (χ4v) is 2.07. The van der Waals surface area contributed by atoms with Crippen LogP contribution in [-0.2, 0) is 4.79 Å². The molecule has 0 aliphatic carbocycles. The molecule has 5 heteroatoms. The first-order valence-corrected chi connectivity index (χ1v) is 6.80. The number of hydrogen-bond donors (Lipinski definition) is 1. The van der Waals surface area contributed by atoms with Crippen molar-refractivity contribution in [2.24, 2.45) is 0 Å². The van der Waals surface area contributed by atoms with E-state index in [0.29, 0.717) is 22.2 Å². The molecule has 0 radical (unpaired) electrons. The van der Waals surface area contributed by atoms with Gasteiger partial charge in [0, 0.05) is 0 Å². The Morgan fingerprint density at radius 2 is 1.90 bits per heavy atom. The molecule has 0 spiro atoms. The predicted octanol–water partition coefficient (Wildman–Crippen LogP) is 3.67. The van der Waals surface area contributed by atoms with Crippen LogP contribution in [0.25, 0.3) is 0 Å². The van der Waals surface area contributed by atoms with Crippen LogP contribution in [0.4, 0.5) is 5.69 Å². The molecule has 2 aromatic rings. The quantitative estimate of drug-likeness (QED) is 0.916. The number of carbonyl (C=O) groups is 1. The van der Waals surface area contributed by atoms with Gasteiger partial charge in [0.25, 0.3) is 5.91 Å². The summed E-state index contributed by atoms with van der Waals surface area (Å²) in [6.07, 6.45) is 0. The number of halogens is 1.